The van der Waals surface area contributed by atoms with Gasteiger partial charge < -0.3 is 9.88 Å². The van der Waals surface area contributed by atoms with Gasteiger partial charge in [-0.1, -0.05) is 6.07 Å². The minimum Gasteiger partial charge on any atom is -0.340 e. The second-order valence-corrected chi connectivity index (χ2v) is 9.27. The maximum atomic E-state index is 5.64. The molecule has 3 aromatic heterocycles. The van der Waals surface area contributed by atoms with Crippen molar-refractivity contribution in [3.63, 3.8) is 0 Å². The SMILES string of the molecule is Cc1cccc(-c2nc3n(c2-c2ccnc(Nc4ccc(SN)cc4)c2)C2CCC3C2)n1. The van der Waals surface area contributed by atoms with Gasteiger partial charge in [-0.05, 0) is 86.7 Å². The number of benzene rings is 1. The van der Waals surface area contributed by atoms with Crippen LogP contribution in [0, 0.1) is 6.92 Å². The summed E-state index contributed by atoms with van der Waals surface area (Å²) in [7, 11) is 0. The average molecular weight is 441 g/mol. The topological polar surface area (TPSA) is 81.7 Å². The van der Waals surface area contributed by atoms with Crippen LogP contribution in [0.25, 0.3) is 22.6 Å². The zero-order chi connectivity index (χ0) is 21.7. The number of aromatic nitrogens is 4. The molecule has 1 saturated carbocycles. The Morgan fingerprint density at radius 2 is 1.94 bits per heavy atom. The van der Waals surface area contributed by atoms with E-state index < -0.39 is 0 Å². The van der Waals surface area contributed by atoms with Crippen molar-refractivity contribution in [2.45, 2.75) is 43.0 Å². The quantitative estimate of drug-likeness (QED) is 0.379. The molecule has 2 unspecified atom stereocenters. The molecule has 1 aromatic carbocycles. The first-order valence-corrected chi connectivity index (χ1v) is 11.8. The Kier molecular flexibility index (Phi) is 4.73. The average Bonchev–Trinajstić information content (AvgIpc) is 3.52. The molecule has 4 heterocycles. The number of fused-ring (bicyclic) bond motifs is 5. The van der Waals surface area contributed by atoms with Crippen LogP contribution in [0.4, 0.5) is 11.5 Å². The van der Waals surface area contributed by atoms with Crippen molar-refractivity contribution in [2.24, 2.45) is 5.14 Å². The third kappa shape index (κ3) is 3.29. The van der Waals surface area contributed by atoms with Crippen LogP contribution in [0.2, 0.25) is 0 Å². The fraction of sp³-hybridized carbons (Fsp3) is 0.240. The second kappa shape index (κ2) is 7.76. The molecule has 2 aliphatic rings. The Morgan fingerprint density at radius 3 is 2.75 bits per heavy atom. The highest BCUT2D eigenvalue weighted by Crippen LogP contribution is 2.52. The van der Waals surface area contributed by atoms with E-state index >= 15 is 0 Å². The summed E-state index contributed by atoms with van der Waals surface area (Å²) in [6.07, 6.45) is 5.53. The molecule has 2 atom stereocenters. The summed E-state index contributed by atoms with van der Waals surface area (Å²) in [5.41, 5.74) is 6.16. The molecular formula is C25H24N6S. The highest BCUT2D eigenvalue weighted by Gasteiger charge is 2.41. The van der Waals surface area contributed by atoms with E-state index in [9.17, 15) is 0 Å². The molecule has 32 heavy (non-hydrogen) atoms. The molecular weight excluding hydrogens is 416 g/mol. The summed E-state index contributed by atoms with van der Waals surface area (Å²) in [6, 6.07) is 18.9. The molecule has 1 aliphatic heterocycles. The molecule has 0 amide bonds. The van der Waals surface area contributed by atoms with E-state index in [-0.39, 0.29) is 0 Å². The van der Waals surface area contributed by atoms with E-state index in [4.69, 9.17) is 15.1 Å². The van der Waals surface area contributed by atoms with Gasteiger partial charge in [0, 0.05) is 40.0 Å². The molecule has 6 rings (SSSR count). The van der Waals surface area contributed by atoms with Crippen molar-refractivity contribution in [3.8, 4) is 22.6 Å². The number of nitrogens with two attached hydrogens (primary N) is 1. The summed E-state index contributed by atoms with van der Waals surface area (Å²) in [5, 5.41) is 9.06. The van der Waals surface area contributed by atoms with Gasteiger partial charge in [0.15, 0.2) is 0 Å². The van der Waals surface area contributed by atoms with E-state index in [1.54, 1.807) is 0 Å². The number of hydrogen-bond donors (Lipinski definition) is 2. The van der Waals surface area contributed by atoms with Crippen molar-refractivity contribution >= 4 is 23.5 Å². The van der Waals surface area contributed by atoms with Crippen LogP contribution in [-0.2, 0) is 0 Å². The first-order chi connectivity index (χ1) is 15.7. The fourth-order valence-electron chi connectivity index (χ4n) is 5.07. The predicted octanol–water partition coefficient (Wildman–Crippen LogP) is 5.85. The molecule has 6 nitrogen and oxygen atoms in total. The summed E-state index contributed by atoms with van der Waals surface area (Å²) in [6.45, 7) is 2.03. The number of anilines is 2. The predicted molar refractivity (Wildman–Crippen MR) is 129 cm³/mol. The highest BCUT2D eigenvalue weighted by molar-refractivity contribution is 7.97. The van der Waals surface area contributed by atoms with Crippen LogP contribution < -0.4 is 10.5 Å². The van der Waals surface area contributed by atoms with Crippen molar-refractivity contribution < 1.29 is 0 Å². The molecule has 3 N–H and O–H groups in total. The van der Waals surface area contributed by atoms with Gasteiger partial charge in [-0.25, -0.2) is 9.97 Å². The number of nitrogens with zero attached hydrogens (tertiary/aromatic N) is 4. The minimum absolute atomic E-state index is 0.530. The van der Waals surface area contributed by atoms with Gasteiger partial charge in [-0.15, -0.1) is 0 Å². The standard InChI is InChI=1S/C25H24N6S/c1-15-3-2-4-21(28-15)23-24(31-19-8-5-17(13-19)25(31)30-23)16-11-12-27-22(14-16)29-18-6-9-20(32-26)10-7-18/h2-4,6-7,9-12,14,17,19H,5,8,13,26H2,1H3,(H,27,29). The molecule has 1 fully saturated rings. The van der Waals surface area contributed by atoms with Gasteiger partial charge >= 0.3 is 0 Å². The van der Waals surface area contributed by atoms with Crippen molar-refractivity contribution in [1.82, 2.24) is 19.5 Å². The maximum absolute atomic E-state index is 5.64. The van der Waals surface area contributed by atoms with Crippen LogP contribution >= 0.6 is 11.9 Å². The van der Waals surface area contributed by atoms with Crippen LogP contribution in [0.5, 0.6) is 0 Å². The van der Waals surface area contributed by atoms with E-state index in [0.29, 0.717) is 12.0 Å². The van der Waals surface area contributed by atoms with Crippen LogP contribution in [0.15, 0.2) is 65.7 Å². The zero-order valence-corrected chi connectivity index (χ0v) is 18.6. The van der Waals surface area contributed by atoms with Crippen molar-refractivity contribution in [2.75, 3.05) is 5.32 Å². The Hall–Kier alpha value is -3.16. The van der Waals surface area contributed by atoms with Crippen LogP contribution in [0.3, 0.4) is 0 Å². The molecule has 7 heteroatoms. The number of pyridine rings is 2. The Labute approximate surface area is 191 Å². The lowest BCUT2D eigenvalue weighted by atomic mass is 10.1. The molecule has 0 saturated heterocycles. The lowest BCUT2D eigenvalue weighted by Gasteiger charge is -2.18. The van der Waals surface area contributed by atoms with E-state index in [1.807, 2.05) is 43.5 Å². The van der Waals surface area contributed by atoms with E-state index in [0.717, 1.165) is 44.7 Å². The zero-order valence-electron chi connectivity index (χ0n) is 17.8. The highest BCUT2D eigenvalue weighted by atomic mass is 32.2. The number of aryl methyl sites for hydroxylation is 1. The normalized spacial score (nSPS) is 18.7. The third-order valence-corrected chi connectivity index (χ3v) is 7.05. The fourth-order valence-corrected chi connectivity index (χ4v) is 5.37. The van der Waals surface area contributed by atoms with E-state index in [2.05, 4.69) is 39.1 Å². The summed E-state index contributed by atoms with van der Waals surface area (Å²) >= 11 is 1.24. The largest absolute Gasteiger partial charge is 0.340 e. The Morgan fingerprint density at radius 1 is 1.06 bits per heavy atom. The molecule has 160 valence electrons. The Bertz CT molecular complexity index is 1300. The first kappa shape index (κ1) is 19.5. The number of nitrogens with one attached hydrogen (secondary N) is 1. The summed E-state index contributed by atoms with van der Waals surface area (Å²) in [5.74, 6) is 2.59. The molecule has 0 spiro atoms. The van der Waals surface area contributed by atoms with Crippen LogP contribution in [-0.4, -0.2) is 19.5 Å². The lowest BCUT2D eigenvalue weighted by Crippen LogP contribution is -2.08. The maximum Gasteiger partial charge on any atom is 0.130 e. The lowest BCUT2D eigenvalue weighted by molar-refractivity contribution is 0.530. The summed E-state index contributed by atoms with van der Waals surface area (Å²) < 4.78 is 2.47. The number of hydrogen-bond acceptors (Lipinski definition) is 6. The molecule has 1 aliphatic carbocycles. The van der Waals surface area contributed by atoms with Crippen molar-refractivity contribution in [3.05, 3.63) is 72.3 Å². The monoisotopic (exact) mass is 440 g/mol. The van der Waals surface area contributed by atoms with Gasteiger partial charge in [0.1, 0.15) is 17.3 Å². The minimum atomic E-state index is 0.530. The Balaban J connectivity index is 1.44. The van der Waals surface area contributed by atoms with Gasteiger partial charge in [-0.2, -0.15) is 0 Å². The van der Waals surface area contributed by atoms with Gasteiger partial charge in [-0.3, -0.25) is 10.1 Å². The van der Waals surface area contributed by atoms with Gasteiger partial charge in [0.05, 0.1) is 11.4 Å². The van der Waals surface area contributed by atoms with Crippen molar-refractivity contribution in [1.29, 1.82) is 0 Å². The summed E-state index contributed by atoms with van der Waals surface area (Å²) in [4.78, 5) is 15.5. The van der Waals surface area contributed by atoms with Gasteiger partial charge in [0.25, 0.3) is 0 Å². The molecule has 4 aromatic rings. The van der Waals surface area contributed by atoms with Crippen LogP contribution in [0.1, 0.15) is 42.7 Å². The van der Waals surface area contributed by atoms with E-state index in [1.165, 1.54) is 37.0 Å². The molecule has 2 bridgehead atoms. The second-order valence-electron chi connectivity index (χ2n) is 8.56. The molecule has 0 radical (unpaired) electrons. The smallest absolute Gasteiger partial charge is 0.130 e. The first-order valence-electron chi connectivity index (χ1n) is 11.0. The third-order valence-electron chi connectivity index (χ3n) is 6.50. The number of imidazole rings is 1. The number of rotatable bonds is 5. The van der Waals surface area contributed by atoms with Gasteiger partial charge in [0.2, 0.25) is 0 Å².